The van der Waals surface area contributed by atoms with Crippen LogP contribution in [0.4, 0.5) is 0 Å². The number of nitrogens with one attached hydrogen (secondary N) is 1. The molecule has 0 spiro atoms. The normalized spacial score (nSPS) is 10.6. The van der Waals surface area contributed by atoms with Gasteiger partial charge in [-0.15, -0.1) is 0 Å². The van der Waals surface area contributed by atoms with Crippen LogP contribution in [-0.4, -0.2) is 14.8 Å². The molecule has 0 saturated carbocycles. The second kappa shape index (κ2) is 3.38. The molecule has 0 unspecified atom stereocenters. The Kier molecular flexibility index (Phi) is 2.19. The summed E-state index contributed by atoms with van der Waals surface area (Å²) in [7, 11) is 0. The molecule has 0 aliphatic carbocycles. The minimum Gasteiger partial charge on any atom is -0.247 e. The molecule has 15 heavy (non-hydrogen) atoms. The van der Waals surface area contributed by atoms with Crippen LogP contribution >= 0.6 is 0 Å². The van der Waals surface area contributed by atoms with Crippen LogP contribution in [0, 0.1) is 20.8 Å². The zero-order valence-electron chi connectivity index (χ0n) is 9.03. The van der Waals surface area contributed by atoms with Gasteiger partial charge in [0.05, 0.1) is 5.69 Å². The lowest BCUT2D eigenvalue weighted by Gasteiger charge is -2.09. The van der Waals surface area contributed by atoms with Crippen molar-refractivity contribution < 1.29 is 0 Å². The molecule has 0 aliphatic heterocycles. The fraction of sp³-hybridized carbons (Fsp3) is 0.273. The number of hydrogen-bond donors (Lipinski definition) is 1. The Balaban J connectivity index is 2.80. The van der Waals surface area contributed by atoms with Gasteiger partial charge in [-0.1, -0.05) is 18.2 Å². The summed E-state index contributed by atoms with van der Waals surface area (Å²) in [6.45, 7) is 5.78. The van der Waals surface area contributed by atoms with Gasteiger partial charge in [0, 0.05) is 0 Å². The Bertz CT molecular complexity index is 531. The van der Waals surface area contributed by atoms with E-state index in [0.29, 0.717) is 5.82 Å². The number of aryl methyl sites for hydroxylation is 3. The maximum atomic E-state index is 11.6. The molecule has 4 nitrogen and oxygen atoms in total. The molecule has 0 amide bonds. The van der Waals surface area contributed by atoms with E-state index in [9.17, 15) is 4.79 Å². The second-order valence-electron chi connectivity index (χ2n) is 3.65. The van der Waals surface area contributed by atoms with Gasteiger partial charge in [-0.25, -0.2) is 14.5 Å². The molecule has 0 bridgehead atoms. The largest absolute Gasteiger partial charge is 0.347 e. The molecule has 2 rings (SSSR count). The summed E-state index contributed by atoms with van der Waals surface area (Å²) in [5.74, 6) is 0.678. The SMILES string of the molecule is Cc1cccc(C)c1-n1c(C)n[nH]c1=O. The van der Waals surface area contributed by atoms with Crippen molar-refractivity contribution in [3.8, 4) is 5.69 Å². The Morgan fingerprint density at radius 2 is 1.80 bits per heavy atom. The second-order valence-corrected chi connectivity index (χ2v) is 3.65. The van der Waals surface area contributed by atoms with Crippen LogP contribution in [0.3, 0.4) is 0 Å². The maximum Gasteiger partial charge on any atom is 0.347 e. The number of aromatic nitrogens is 3. The summed E-state index contributed by atoms with van der Waals surface area (Å²) in [6, 6.07) is 5.96. The number of benzene rings is 1. The molecular weight excluding hydrogens is 190 g/mol. The zero-order chi connectivity index (χ0) is 11.0. The first-order chi connectivity index (χ1) is 7.11. The third-order valence-corrected chi connectivity index (χ3v) is 2.50. The molecule has 0 saturated heterocycles. The van der Waals surface area contributed by atoms with E-state index in [1.807, 2.05) is 39.0 Å². The van der Waals surface area contributed by atoms with Crippen molar-refractivity contribution in [3.05, 3.63) is 45.6 Å². The van der Waals surface area contributed by atoms with Crippen LogP contribution in [0.5, 0.6) is 0 Å². The van der Waals surface area contributed by atoms with Gasteiger partial charge in [0.25, 0.3) is 0 Å². The van der Waals surface area contributed by atoms with E-state index in [1.54, 1.807) is 4.57 Å². The molecular formula is C11H13N3O. The molecule has 0 atom stereocenters. The Morgan fingerprint density at radius 1 is 1.20 bits per heavy atom. The summed E-state index contributed by atoms with van der Waals surface area (Å²) in [5, 5.41) is 6.35. The summed E-state index contributed by atoms with van der Waals surface area (Å²) < 4.78 is 1.60. The quantitative estimate of drug-likeness (QED) is 0.763. The fourth-order valence-corrected chi connectivity index (χ4v) is 1.80. The van der Waals surface area contributed by atoms with E-state index in [2.05, 4.69) is 10.2 Å². The molecule has 0 aliphatic rings. The average Bonchev–Trinajstić information content (AvgIpc) is 2.49. The average molecular weight is 203 g/mol. The van der Waals surface area contributed by atoms with Crippen molar-refractivity contribution in [3.63, 3.8) is 0 Å². The summed E-state index contributed by atoms with van der Waals surface area (Å²) in [6.07, 6.45) is 0. The van der Waals surface area contributed by atoms with Crippen molar-refractivity contribution in [2.45, 2.75) is 20.8 Å². The minimum atomic E-state index is -0.190. The Labute approximate surface area is 87.6 Å². The van der Waals surface area contributed by atoms with Crippen LogP contribution < -0.4 is 5.69 Å². The molecule has 0 radical (unpaired) electrons. The Morgan fingerprint density at radius 3 is 2.27 bits per heavy atom. The number of nitrogens with zero attached hydrogens (tertiary/aromatic N) is 2. The lowest BCUT2D eigenvalue weighted by Crippen LogP contribution is -2.17. The van der Waals surface area contributed by atoms with Gasteiger partial charge < -0.3 is 0 Å². The van der Waals surface area contributed by atoms with Crippen LogP contribution in [0.2, 0.25) is 0 Å². The molecule has 1 N–H and O–H groups in total. The van der Waals surface area contributed by atoms with Crippen LogP contribution in [0.1, 0.15) is 17.0 Å². The predicted octanol–water partition coefficient (Wildman–Crippen LogP) is 1.49. The molecule has 0 fully saturated rings. The van der Waals surface area contributed by atoms with E-state index in [0.717, 1.165) is 16.8 Å². The third-order valence-electron chi connectivity index (χ3n) is 2.50. The summed E-state index contributed by atoms with van der Waals surface area (Å²) >= 11 is 0. The molecule has 2 aromatic rings. The smallest absolute Gasteiger partial charge is 0.247 e. The molecule has 1 aromatic carbocycles. The van der Waals surface area contributed by atoms with Crippen molar-refractivity contribution in [2.24, 2.45) is 0 Å². The van der Waals surface area contributed by atoms with Gasteiger partial charge in [-0.2, -0.15) is 5.10 Å². The standard InChI is InChI=1S/C11H13N3O/c1-7-5-4-6-8(2)10(7)14-9(3)12-13-11(14)15/h4-6H,1-3H3,(H,13,15). The topological polar surface area (TPSA) is 50.7 Å². The third kappa shape index (κ3) is 1.48. The monoisotopic (exact) mass is 203 g/mol. The highest BCUT2D eigenvalue weighted by Gasteiger charge is 2.10. The first kappa shape index (κ1) is 9.71. The van der Waals surface area contributed by atoms with Gasteiger partial charge in [-0.3, -0.25) is 0 Å². The van der Waals surface area contributed by atoms with Crippen molar-refractivity contribution >= 4 is 0 Å². The van der Waals surface area contributed by atoms with E-state index in [1.165, 1.54) is 0 Å². The fourth-order valence-electron chi connectivity index (χ4n) is 1.80. The predicted molar refractivity (Wildman–Crippen MR) is 58.4 cm³/mol. The summed E-state index contributed by atoms with van der Waals surface area (Å²) in [5.41, 5.74) is 2.88. The van der Waals surface area contributed by atoms with E-state index in [4.69, 9.17) is 0 Å². The highest BCUT2D eigenvalue weighted by atomic mass is 16.1. The van der Waals surface area contributed by atoms with Crippen LogP contribution in [0.15, 0.2) is 23.0 Å². The first-order valence-corrected chi connectivity index (χ1v) is 4.82. The van der Waals surface area contributed by atoms with Crippen LogP contribution in [-0.2, 0) is 0 Å². The number of H-pyrrole nitrogens is 1. The molecule has 4 heteroatoms. The lowest BCUT2D eigenvalue weighted by molar-refractivity contribution is 0.924. The first-order valence-electron chi connectivity index (χ1n) is 4.82. The van der Waals surface area contributed by atoms with Gasteiger partial charge in [0.1, 0.15) is 5.82 Å². The van der Waals surface area contributed by atoms with Gasteiger partial charge in [-0.05, 0) is 31.9 Å². The lowest BCUT2D eigenvalue weighted by atomic mass is 10.1. The highest BCUT2D eigenvalue weighted by Crippen LogP contribution is 2.17. The van der Waals surface area contributed by atoms with Crippen molar-refractivity contribution in [2.75, 3.05) is 0 Å². The number of hydrogen-bond acceptors (Lipinski definition) is 2. The molecule has 1 heterocycles. The van der Waals surface area contributed by atoms with E-state index < -0.39 is 0 Å². The number of rotatable bonds is 1. The van der Waals surface area contributed by atoms with Gasteiger partial charge in [0.2, 0.25) is 0 Å². The van der Waals surface area contributed by atoms with Crippen LogP contribution in [0.25, 0.3) is 5.69 Å². The number of aromatic amines is 1. The highest BCUT2D eigenvalue weighted by molar-refractivity contribution is 5.47. The summed E-state index contributed by atoms with van der Waals surface area (Å²) in [4.78, 5) is 11.6. The van der Waals surface area contributed by atoms with Crippen molar-refractivity contribution in [1.82, 2.24) is 14.8 Å². The van der Waals surface area contributed by atoms with Gasteiger partial charge in [0.15, 0.2) is 0 Å². The molecule has 78 valence electrons. The van der Waals surface area contributed by atoms with E-state index >= 15 is 0 Å². The van der Waals surface area contributed by atoms with Gasteiger partial charge >= 0.3 is 5.69 Å². The minimum absolute atomic E-state index is 0.190. The maximum absolute atomic E-state index is 11.6. The van der Waals surface area contributed by atoms with Crippen molar-refractivity contribution in [1.29, 1.82) is 0 Å². The Hall–Kier alpha value is -1.84. The molecule has 1 aromatic heterocycles. The zero-order valence-corrected chi connectivity index (χ0v) is 9.03. The van der Waals surface area contributed by atoms with E-state index in [-0.39, 0.29) is 5.69 Å². The number of para-hydroxylation sites is 1.